The fraction of sp³-hybridized carbons (Fsp3) is 0.909. The normalized spacial score (nSPS) is 23.5. The van der Waals surface area contributed by atoms with Crippen molar-refractivity contribution in [2.45, 2.75) is 44.8 Å². The maximum atomic E-state index is 11.5. The van der Waals surface area contributed by atoms with E-state index in [4.69, 9.17) is 4.74 Å². The number of nitrogens with one attached hydrogen (secondary N) is 2. The Morgan fingerprint density at radius 3 is 3.07 bits per heavy atom. The molecule has 1 saturated heterocycles. The zero-order chi connectivity index (χ0) is 11.1. The molecule has 0 aromatic rings. The Labute approximate surface area is 91.8 Å². The summed E-state index contributed by atoms with van der Waals surface area (Å²) in [5, 5.41) is 6.32. The number of carbonyl (C=O) groups is 1. The number of carbonyl (C=O) groups excluding carboxylic acids is 1. The van der Waals surface area contributed by atoms with Crippen LogP contribution in [0.5, 0.6) is 0 Å². The summed E-state index contributed by atoms with van der Waals surface area (Å²) in [5.41, 5.74) is 0. The standard InChI is InChI=1S/C11H22N2O2/c1-9(15-2)5-6-11(14)13-10-4-3-7-12-8-10/h9-10,12H,3-8H2,1-2H3,(H,13,14). The Hall–Kier alpha value is -0.610. The average molecular weight is 214 g/mol. The molecule has 15 heavy (non-hydrogen) atoms. The molecule has 88 valence electrons. The van der Waals surface area contributed by atoms with E-state index in [-0.39, 0.29) is 12.0 Å². The van der Waals surface area contributed by atoms with Crippen molar-refractivity contribution in [1.82, 2.24) is 10.6 Å². The van der Waals surface area contributed by atoms with Gasteiger partial charge < -0.3 is 15.4 Å². The fourth-order valence-corrected chi connectivity index (χ4v) is 1.73. The maximum absolute atomic E-state index is 11.5. The summed E-state index contributed by atoms with van der Waals surface area (Å²) in [6.07, 6.45) is 3.77. The van der Waals surface area contributed by atoms with Gasteiger partial charge in [0.15, 0.2) is 0 Å². The van der Waals surface area contributed by atoms with E-state index >= 15 is 0 Å². The lowest BCUT2D eigenvalue weighted by Crippen LogP contribution is -2.45. The Morgan fingerprint density at radius 1 is 1.67 bits per heavy atom. The van der Waals surface area contributed by atoms with Crippen LogP contribution in [0.2, 0.25) is 0 Å². The highest BCUT2D eigenvalue weighted by Gasteiger charge is 2.15. The molecule has 4 heteroatoms. The second-order valence-corrected chi connectivity index (χ2v) is 4.20. The number of amides is 1. The Balaban J connectivity index is 2.11. The zero-order valence-electron chi connectivity index (χ0n) is 9.71. The molecule has 0 radical (unpaired) electrons. The molecule has 1 aliphatic rings. The van der Waals surface area contributed by atoms with Gasteiger partial charge in [-0.2, -0.15) is 0 Å². The smallest absolute Gasteiger partial charge is 0.220 e. The third-order valence-corrected chi connectivity index (χ3v) is 2.84. The summed E-state index contributed by atoms with van der Waals surface area (Å²) < 4.78 is 5.10. The van der Waals surface area contributed by atoms with Gasteiger partial charge in [0.05, 0.1) is 6.10 Å². The van der Waals surface area contributed by atoms with Crippen LogP contribution in [0.3, 0.4) is 0 Å². The van der Waals surface area contributed by atoms with Gasteiger partial charge in [-0.15, -0.1) is 0 Å². The summed E-state index contributed by atoms with van der Waals surface area (Å²) in [6.45, 7) is 3.97. The third-order valence-electron chi connectivity index (χ3n) is 2.84. The molecule has 0 saturated carbocycles. The topological polar surface area (TPSA) is 50.4 Å². The molecule has 2 atom stereocenters. The van der Waals surface area contributed by atoms with Crippen molar-refractivity contribution in [2.24, 2.45) is 0 Å². The van der Waals surface area contributed by atoms with Crippen LogP contribution in [0, 0.1) is 0 Å². The van der Waals surface area contributed by atoms with Gasteiger partial charge in [-0.25, -0.2) is 0 Å². The van der Waals surface area contributed by atoms with Crippen molar-refractivity contribution < 1.29 is 9.53 Å². The van der Waals surface area contributed by atoms with Crippen LogP contribution in [-0.2, 0) is 9.53 Å². The predicted octanol–water partition coefficient (Wildman–Crippen LogP) is 0.670. The van der Waals surface area contributed by atoms with Crippen molar-refractivity contribution in [3.05, 3.63) is 0 Å². The molecule has 2 unspecified atom stereocenters. The second-order valence-electron chi connectivity index (χ2n) is 4.20. The van der Waals surface area contributed by atoms with E-state index in [1.807, 2.05) is 6.92 Å². The molecule has 0 spiro atoms. The second kappa shape index (κ2) is 6.80. The highest BCUT2D eigenvalue weighted by molar-refractivity contribution is 5.76. The fourth-order valence-electron chi connectivity index (χ4n) is 1.73. The Bertz CT molecular complexity index is 191. The van der Waals surface area contributed by atoms with Crippen LogP contribution >= 0.6 is 0 Å². The van der Waals surface area contributed by atoms with Crippen molar-refractivity contribution >= 4 is 5.91 Å². The first kappa shape index (κ1) is 12.5. The van der Waals surface area contributed by atoms with Crippen LogP contribution in [0.25, 0.3) is 0 Å². The zero-order valence-corrected chi connectivity index (χ0v) is 9.71. The van der Waals surface area contributed by atoms with Crippen LogP contribution in [0.1, 0.15) is 32.6 Å². The van der Waals surface area contributed by atoms with Crippen LogP contribution < -0.4 is 10.6 Å². The quantitative estimate of drug-likeness (QED) is 0.707. The highest BCUT2D eigenvalue weighted by Crippen LogP contribution is 2.04. The molecule has 0 bridgehead atoms. The molecule has 1 amide bonds. The Morgan fingerprint density at radius 2 is 2.47 bits per heavy atom. The summed E-state index contributed by atoms with van der Waals surface area (Å²) in [7, 11) is 1.67. The monoisotopic (exact) mass is 214 g/mol. The molecule has 1 heterocycles. The summed E-state index contributed by atoms with van der Waals surface area (Å²) >= 11 is 0. The molecule has 0 aromatic heterocycles. The minimum Gasteiger partial charge on any atom is -0.382 e. The number of methoxy groups -OCH3 is 1. The molecule has 2 N–H and O–H groups in total. The van der Waals surface area contributed by atoms with E-state index < -0.39 is 0 Å². The van der Waals surface area contributed by atoms with Gasteiger partial charge >= 0.3 is 0 Å². The predicted molar refractivity (Wildman–Crippen MR) is 59.7 cm³/mol. The van der Waals surface area contributed by atoms with E-state index in [0.717, 1.165) is 32.4 Å². The van der Waals surface area contributed by atoms with Gasteiger partial charge in [0.2, 0.25) is 5.91 Å². The first-order valence-electron chi connectivity index (χ1n) is 5.75. The lowest BCUT2D eigenvalue weighted by Gasteiger charge is -2.24. The van der Waals surface area contributed by atoms with Gasteiger partial charge in [-0.1, -0.05) is 0 Å². The molecule has 4 nitrogen and oxygen atoms in total. The third kappa shape index (κ3) is 5.14. The number of piperidine rings is 1. The first-order chi connectivity index (χ1) is 7.22. The Kier molecular flexibility index (Phi) is 5.65. The van der Waals surface area contributed by atoms with E-state index in [1.165, 1.54) is 0 Å². The summed E-state index contributed by atoms with van der Waals surface area (Å²) in [6, 6.07) is 0.323. The van der Waals surface area contributed by atoms with Crippen molar-refractivity contribution in [1.29, 1.82) is 0 Å². The lowest BCUT2D eigenvalue weighted by molar-refractivity contribution is -0.122. The molecule has 1 rings (SSSR count). The van der Waals surface area contributed by atoms with Crippen LogP contribution in [0.15, 0.2) is 0 Å². The number of hydrogen-bond donors (Lipinski definition) is 2. The van der Waals surface area contributed by atoms with E-state index in [9.17, 15) is 4.79 Å². The molecular formula is C11H22N2O2. The number of hydrogen-bond acceptors (Lipinski definition) is 3. The van der Waals surface area contributed by atoms with Gasteiger partial charge in [-0.05, 0) is 32.7 Å². The lowest BCUT2D eigenvalue weighted by atomic mass is 10.1. The number of rotatable bonds is 5. The first-order valence-corrected chi connectivity index (χ1v) is 5.75. The van der Waals surface area contributed by atoms with E-state index in [1.54, 1.807) is 7.11 Å². The molecule has 1 aliphatic heterocycles. The van der Waals surface area contributed by atoms with Crippen molar-refractivity contribution in [3.63, 3.8) is 0 Å². The van der Waals surface area contributed by atoms with Crippen molar-refractivity contribution in [3.8, 4) is 0 Å². The summed E-state index contributed by atoms with van der Waals surface area (Å²) in [4.78, 5) is 11.5. The minimum absolute atomic E-state index is 0.146. The van der Waals surface area contributed by atoms with Gasteiger partial charge in [0.1, 0.15) is 0 Å². The van der Waals surface area contributed by atoms with Crippen LogP contribution in [-0.4, -0.2) is 38.3 Å². The SMILES string of the molecule is COC(C)CCC(=O)NC1CCCNC1. The molecule has 1 fully saturated rings. The number of ether oxygens (including phenoxy) is 1. The van der Waals surface area contributed by atoms with E-state index in [2.05, 4.69) is 10.6 Å². The maximum Gasteiger partial charge on any atom is 0.220 e. The average Bonchev–Trinajstić information content (AvgIpc) is 2.27. The molecular weight excluding hydrogens is 192 g/mol. The van der Waals surface area contributed by atoms with E-state index in [0.29, 0.717) is 12.5 Å². The molecule has 0 aromatic carbocycles. The van der Waals surface area contributed by atoms with Gasteiger partial charge in [-0.3, -0.25) is 4.79 Å². The van der Waals surface area contributed by atoms with Crippen LogP contribution in [0.4, 0.5) is 0 Å². The van der Waals surface area contributed by atoms with Crippen molar-refractivity contribution in [2.75, 3.05) is 20.2 Å². The summed E-state index contributed by atoms with van der Waals surface area (Å²) in [5.74, 6) is 0.146. The van der Waals surface area contributed by atoms with Gasteiger partial charge in [0, 0.05) is 26.1 Å². The largest absolute Gasteiger partial charge is 0.382 e. The minimum atomic E-state index is 0.146. The highest BCUT2D eigenvalue weighted by atomic mass is 16.5. The molecule has 0 aliphatic carbocycles. The van der Waals surface area contributed by atoms with Gasteiger partial charge in [0.25, 0.3) is 0 Å².